The van der Waals surface area contributed by atoms with Crippen molar-refractivity contribution in [2.45, 2.75) is 38.0 Å². The summed E-state index contributed by atoms with van der Waals surface area (Å²) in [5.41, 5.74) is 0.729. The molecule has 4 atom stereocenters. The maximum absolute atomic E-state index is 13.0. The number of ether oxygens (including phenoxy) is 1. The minimum absolute atomic E-state index is 0.0291. The maximum atomic E-state index is 13.0. The second-order valence-electron chi connectivity index (χ2n) is 8.37. The smallest absolute Gasteiger partial charge is 0.258 e. The van der Waals surface area contributed by atoms with Gasteiger partial charge in [-0.3, -0.25) is 9.59 Å². The van der Waals surface area contributed by atoms with Gasteiger partial charge >= 0.3 is 0 Å². The summed E-state index contributed by atoms with van der Waals surface area (Å²) in [6, 6.07) is 13.5. The summed E-state index contributed by atoms with van der Waals surface area (Å²) in [4.78, 5) is 25.5. The van der Waals surface area contributed by atoms with Gasteiger partial charge in [0.25, 0.3) is 5.91 Å². The minimum atomic E-state index is -0.706. The molecule has 29 heavy (non-hydrogen) atoms. The summed E-state index contributed by atoms with van der Waals surface area (Å²) in [6.45, 7) is 0.388. The van der Waals surface area contributed by atoms with E-state index in [1.807, 2.05) is 18.2 Å². The Bertz CT molecular complexity index is 961. The van der Waals surface area contributed by atoms with E-state index < -0.39 is 5.72 Å². The van der Waals surface area contributed by atoms with Crippen LogP contribution in [0, 0.1) is 23.6 Å². The lowest BCUT2D eigenvalue weighted by molar-refractivity contribution is -0.146. The van der Waals surface area contributed by atoms with E-state index in [0.29, 0.717) is 30.7 Å². The quantitative estimate of drug-likeness (QED) is 0.839. The van der Waals surface area contributed by atoms with Crippen LogP contribution in [0.5, 0.6) is 5.75 Å². The molecule has 2 N–H and O–H groups in total. The molecule has 2 amide bonds. The van der Waals surface area contributed by atoms with Crippen LogP contribution in [0.25, 0.3) is 0 Å². The largest absolute Gasteiger partial charge is 0.467 e. The normalized spacial score (nSPS) is 29.7. The summed E-state index contributed by atoms with van der Waals surface area (Å²) in [7, 11) is 0. The van der Waals surface area contributed by atoms with Gasteiger partial charge in [-0.25, -0.2) is 4.39 Å². The van der Waals surface area contributed by atoms with E-state index in [9.17, 15) is 14.0 Å². The average molecular weight is 394 g/mol. The van der Waals surface area contributed by atoms with Crippen LogP contribution in [0.15, 0.2) is 48.5 Å². The molecule has 150 valence electrons. The molecule has 3 aliphatic carbocycles. The molecule has 1 heterocycles. The lowest BCUT2D eigenvalue weighted by Gasteiger charge is -2.55. The molecule has 0 unspecified atom stereocenters. The highest BCUT2D eigenvalue weighted by molar-refractivity contribution is 5.98. The van der Waals surface area contributed by atoms with Crippen LogP contribution in [-0.4, -0.2) is 17.5 Å². The average Bonchev–Trinajstić information content (AvgIpc) is 2.73. The van der Waals surface area contributed by atoms with Gasteiger partial charge in [-0.1, -0.05) is 24.3 Å². The number of fused-ring (bicyclic) bond motifs is 3. The van der Waals surface area contributed by atoms with Crippen molar-refractivity contribution >= 4 is 11.8 Å². The van der Waals surface area contributed by atoms with Crippen molar-refractivity contribution < 1.29 is 18.7 Å². The lowest BCUT2D eigenvalue weighted by atomic mass is 9.60. The van der Waals surface area contributed by atoms with Crippen LogP contribution >= 0.6 is 0 Å². The molecule has 1 spiro atoms. The van der Waals surface area contributed by atoms with Crippen LogP contribution in [0.3, 0.4) is 0 Å². The molecule has 0 saturated heterocycles. The Morgan fingerprint density at radius 1 is 1.17 bits per heavy atom. The first-order valence-electron chi connectivity index (χ1n) is 10.2. The van der Waals surface area contributed by atoms with E-state index in [4.69, 9.17) is 4.74 Å². The Kier molecular flexibility index (Phi) is 4.30. The zero-order valence-electron chi connectivity index (χ0n) is 16.0. The van der Waals surface area contributed by atoms with Crippen molar-refractivity contribution in [1.29, 1.82) is 0 Å². The summed E-state index contributed by atoms with van der Waals surface area (Å²) in [5, 5.41) is 6.11. The molecular weight excluding hydrogens is 371 g/mol. The molecule has 5 nitrogen and oxygen atoms in total. The predicted molar refractivity (Wildman–Crippen MR) is 104 cm³/mol. The van der Waals surface area contributed by atoms with Crippen LogP contribution < -0.4 is 15.4 Å². The number of carbonyl (C=O) groups excluding carboxylic acids is 2. The third-order valence-corrected chi connectivity index (χ3v) is 6.68. The molecule has 3 fully saturated rings. The number of halogens is 1. The number of benzene rings is 2. The van der Waals surface area contributed by atoms with Gasteiger partial charge in [0.15, 0.2) is 5.72 Å². The Labute approximate surface area is 168 Å². The molecule has 1 aliphatic heterocycles. The summed E-state index contributed by atoms with van der Waals surface area (Å²) < 4.78 is 19.4. The topological polar surface area (TPSA) is 67.4 Å². The molecule has 2 bridgehead atoms. The van der Waals surface area contributed by atoms with Gasteiger partial charge in [0.2, 0.25) is 5.91 Å². The third kappa shape index (κ3) is 3.16. The fourth-order valence-electron chi connectivity index (χ4n) is 5.20. The number of amides is 2. The van der Waals surface area contributed by atoms with Crippen molar-refractivity contribution in [1.82, 2.24) is 10.6 Å². The van der Waals surface area contributed by atoms with E-state index in [1.165, 1.54) is 12.1 Å². The molecule has 6 rings (SSSR count). The summed E-state index contributed by atoms with van der Waals surface area (Å²) in [5.74, 6) is 0.452. The van der Waals surface area contributed by atoms with Gasteiger partial charge in [-0.05, 0) is 55.0 Å². The van der Waals surface area contributed by atoms with Crippen LogP contribution in [-0.2, 0) is 11.3 Å². The second kappa shape index (κ2) is 6.87. The van der Waals surface area contributed by atoms with Crippen molar-refractivity contribution in [3.63, 3.8) is 0 Å². The van der Waals surface area contributed by atoms with E-state index >= 15 is 0 Å². The van der Waals surface area contributed by atoms with Crippen LogP contribution in [0.4, 0.5) is 4.39 Å². The van der Waals surface area contributed by atoms with E-state index in [2.05, 4.69) is 10.6 Å². The first-order valence-corrected chi connectivity index (χ1v) is 10.2. The predicted octanol–water partition coefficient (Wildman–Crippen LogP) is 3.40. The molecular formula is C23H23FN2O3. The van der Waals surface area contributed by atoms with E-state index in [1.54, 1.807) is 18.2 Å². The Morgan fingerprint density at radius 2 is 1.97 bits per heavy atom. The zero-order valence-corrected chi connectivity index (χ0v) is 16.0. The van der Waals surface area contributed by atoms with Gasteiger partial charge in [-0.2, -0.15) is 0 Å². The van der Waals surface area contributed by atoms with Crippen molar-refractivity contribution in [2.75, 3.05) is 0 Å². The van der Waals surface area contributed by atoms with Crippen molar-refractivity contribution in [3.05, 3.63) is 65.5 Å². The summed E-state index contributed by atoms with van der Waals surface area (Å²) >= 11 is 0. The first-order chi connectivity index (χ1) is 14.0. The third-order valence-electron chi connectivity index (χ3n) is 6.68. The first kappa shape index (κ1) is 18.2. The van der Waals surface area contributed by atoms with E-state index in [0.717, 1.165) is 18.4 Å². The zero-order chi connectivity index (χ0) is 20.0. The minimum Gasteiger partial charge on any atom is -0.467 e. The molecule has 6 heteroatoms. The fraction of sp³-hybridized carbons (Fsp3) is 0.391. The van der Waals surface area contributed by atoms with Gasteiger partial charge in [0.05, 0.1) is 5.56 Å². The van der Waals surface area contributed by atoms with Gasteiger partial charge < -0.3 is 15.4 Å². The summed E-state index contributed by atoms with van der Waals surface area (Å²) in [6.07, 6.45) is 3.24. The highest BCUT2D eigenvalue weighted by Crippen LogP contribution is 2.52. The highest BCUT2D eigenvalue weighted by Gasteiger charge is 2.57. The van der Waals surface area contributed by atoms with E-state index in [-0.39, 0.29) is 35.4 Å². The number of carbonyl (C=O) groups is 2. The Balaban J connectivity index is 1.28. The second-order valence-corrected chi connectivity index (χ2v) is 8.37. The highest BCUT2D eigenvalue weighted by atomic mass is 19.1. The molecule has 0 radical (unpaired) electrons. The number of rotatable bonds is 3. The molecule has 2 aromatic carbocycles. The molecule has 3 saturated carbocycles. The molecule has 4 aliphatic rings. The van der Waals surface area contributed by atoms with Crippen LogP contribution in [0.2, 0.25) is 0 Å². The SMILES string of the molecule is O=C1N[C@]2(C[C@@H]3CC[C@@H]2C[C@@H]3C(=O)NCc2ccc(F)cc2)Oc2ccccc21. The Morgan fingerprint density at radius 3 is 2.72 bits per heavy atom. The van der Waals surface area contributed by atoms with Crippen LogP contribution in [0.1, 0.15) is 41.6 Å². The van der Waals surface area contributed by atoms with Gasteiger partial charge in [-0.15, -0.1) is 0 Å². The van der Waals surface area contributed by atoms with Gasteiger partial charge in [0.1, 0.15) is 11.6 Å². The Hall–Kier alpha value is -2.89. The maximum Gasteiger partial charge on any atom is 0.258 e. The standard InChI is InChI=1S/C23H23FN2O3/c24-17-9-5-14(6-10-17)13-25-21(27)19-11-16-8-7-15(19)12-23(16)26-22(28)18-3-1-2-4-20(18)29-23/h1-6,9-10,15-16,19H,7-8,11-13H2,(H,25,27)(H,26,28)/t15-,16+,19-,23+/m0/s1. The van der Waals surface area contributed by atoms with Crippen molar-refractivity contribution in [2.24, 2.45) is 17.8 Å². The number of nitrogens with one attached hydrogen (secondary N) is 2. The molecule has 0 aromatic heterocycles. The number of hydrogen-bond donors (Lipinski definition) is 2. The number of hydrogen-bond acceptors (Lipinski definition) is 3. The van der Waals surface area contributed by atoms with Crippen molar-refractivity contribution in [3.8, 4) is 5.75 Å². The van der Waals surface area contributed by atoms with Gasteiger partial charge in [0, 0.05) is 24.8 Å². The lowest BCUT2D eigenvalue weighted by Crippen LogP contribution is -2.66. The number of para-hydroxylation sites is 1. The molecule has 2 aromatic rings. The fourth-order valence-corrected chi connectivity index (χ4v) is 5.20. The monoisotopic (exact) mass is 394 g/mol.